The first-order chi connectivity index (χ1) is 9.89. The van der Waals surface area contributed by atoms with Crippen LogP contribution in [0.25, 0.3) is 0 Å². The first kappa shape index (κ1) is 20.1. The quantitative estimate of drug-likeness (QED) is 0.402. The van der Waals surface area contributed by atoms with Gasteiger partial charge in [0.25, 0.3) is 0 Å². The predicted octanol–water partition coefficient (Wildman–Crippen LogP) is 7.08. The maximum atomic E-state index is 2.43. The molecular formula is C20H37Y-. The van der Waals surface area contributed by atoms with Crippen molar-refractivity contribution in [2.24, 2.45) is 11.8 Å². The second-order valence-corrected chi connectivity index (χ2v) is 7.48. The Morgan fingerprint density at radius 3 is 1.00 bits per heavy atom. The molecule has 0 aromatic rings. The molecule has 0 aromatic heterocycles. The minimum absolute atomic E-state index is 0. The standard InChI is InChI=1S/C20H37.Y/c1-18-19-16-14-12-10-8-6-4-2-3-5-7-9-11-13-15-17-20(18)19;/h19-20H,2-17H2,1H3;/q-1;. The van der Waals surface area contributed by atoms with Gasteiger partial charge in [0, 0.05) is 32.7 Å². The van der Waals surface area contributed by atoms with Gasteiger partial charge >= 0.3 is 0 Å². The van der Waals surface area contributed by atoms with Crippen molar-refractivity contribution in [2.45, 2.75) is 110 Å². The first-order valence-electron chi connectivity index (χ1n) is 9.73. The van der Waals surface area contributed by atoms with Crippen molar-refractivity contribution in [1.29, 1.82) is 0 Å². The molecule has 0 spiro atoms. The largest absolute Gasteiger partial charge is 0.315 e. The van der Waals surface area contributed by atoms with E-state index in [0.29, 0.717) is 0 Å². The van der Waals surface area contributed by atoms with Crippen molar-refractivity contribution in [2.75, 3.05) is 0 Å². The fourth-order valence-electron chi connectivity index (χ4n) is 4.25. The molecule has 2 atom stereocenters. The third-order valence-corrected chi connectivity index (χ3v) is 5.83. The molecule has 1 radical (unpaired) electrons. The number of fused-ring (bicyclic) bond motifs is 1. The average molecular weight is 366 g/mol. The molecule has 2 rings (SSSR count). The van der Waals surface area contributed by atoms with Gasteiger partial charge in [-0.3, -0.25) is 0 Å². The van der Waals surface area contributed by atoms with Gasteiger partial charge < -0.3 is 5.92 Å². The van der Waals surface area contributed by atoms with E-state index in [1.807, 2.05) is 5.92 Å². The molecule has 0 bridgehead atoms. The molecule has 21 heavy (non-hydrogen) atoms. The summed E-state index contributed by atoms with van der Waals surface area (Å²) < 4.78 is 0. The van der Waals surface area contributed by atoms with Crippen LogP contribution in [0.4, 0.5) is 0 Å². The zero-order chi connectivity index (χ0) is 14.0. The van der Waals surface area contributed by atoms with Crippen LogP contribution in [0, 0.1) is 17.8 Å². The van der Waals surface area contributed by atoms with Gasteiger partial charge in [0.2, 0.25) is 0 Å². The number of hydrogen-bond acceptors (Lipinski definition) is 0. The Balaban J connectivity index is 0.00000220. The summed E-state index contributed by atoms with van der Waals surface area (Å²) >= 11 is 0. The van der Waals surface area contributed by atoms with Gasteiger partial charge in [-0.25, -0.2) is 0 Å². The van der Waals surface area contributed by atoms with E-state index in [1.54, 1.807) is 0 Å². The van der Waals surface area contributed by atoms with Crippen LogP contribution in [0.3, 0.4) is 0 Å². The summed E-state index contributed by atoms with van der Waals surface area (Å²) in [5.74, 6) is 3.92. The van der Waals surface area contributed by atoms with E-state index in [9.17, 15) is 0 Å². The van der Waals surface area contributed by atoms with Crippen molar-refractivity contribution in [3.63, 3.8) is 0 Å². The molecule has 2 aliphatic carbocycles. The molecule has 0 heterocycles. The predicted molar refractivity (Wildman–Crippen MR) is 89.8 cm³/mol. The van der Waals surface area contributed by atoms with Crippen molar-refractivity contribution in [1.82, 2.24) is 0 Å². The summed E-state index contributed by atoms with van der Waals surface area (Å²) in [4.78, 5) is 0. The third-order valence-electron chi connectivity index (χ3n) is 5.83. The molecular weight excluding hydrogens is 329 g/mol. The summed E-state index contributed by atoms with van der Waals surface area (Å²) in [6, 6.07) is 0. The normalized spacial score (nSPS) is 31.3. The maximum absolute atomic E-state index is 2.43. The third kappa shape index (κ3) is 8.50. The monoisotopic (exact) mass is 366 g/mol. The van der Waals surface area contributed by atoms with E-state index in [2.05, 4.69) is 6.92 Å². The van der Waals surface area contributed by atoms with E-state index >= 15 is 0 Å². The van der Waals surface area contributed by atoms with Gasteiger partial charge in [0.1, 0.15) is 0 Å². The Kier molecular flexibility index (Phi) is 12.0. The van der Waals surface area contributed by atoms with E-state index in [-0.39, 0.29) is 32.7 Å². The van der Waals surface area contributed by atoms with Gasteiger partial charge in [0.15, 0.2) is 0 Å². The molecule has 1 heteroatoms. The summed E-state index contributed by atoms with van der Waals surface area (Å²) in [6.45, 7) is 2.43. The number of hydrogen-bond donors (Lipinski definition) is 0. The van der Waals surface area contributed by atoms with Crippen molar-refractivity contribution in [3.8, 4) is 0 Å². The van der Waals surface area contributed by atoms with Crippen LogP contribution < -0.4 is 0 Å². The molecule has 2 unspecified atom stereocenters. The minimum Gasteiger partial charge on any atom is -0.315 e. The molecule has 0 amide bonds. The van der Waals surface area contributed by atoms with Crippen molar-refractivity contribution < 1.29 is 32.7 Å². The van der Waals surface area contributed by atoms with Crippen LogP contribution in [-0.2, 0) is 32.7 Å². The summed E-state index contributed by atoms with van der Waals surface area (Å²) in [5, 5.41) is 0. The van der Waals surface area contributed by atoms with Crippen LogP contribution in [0.1, 0.15) is 110 Å². The van der Waals surface area contributed by atoms with Crippen LogP contribution >= 0.6 is 0 Å². The molecule has 2 aliphatic rings. The molecule has 0 N–H and O–H groups in total. The molecule has 0 saturated heterocycles. The minimum atomic E-state index is 0. The maximum Gasteiger partial charge on any atom is 0 e. The SMILES string of the molecule is C[C-]1C2CCCCCCCCCCCCCCCCC12.[Y]. The fraction of sp³-hybridized carbons (Fsp3) is 0.950. The Labute approximate surface area is 159 Å². The van der Waals surface area contributed by atoms with Gasteiger partial charge in [0.05, 0.1) is 0 Å². The van der Waals surface area contributed by atoms with E-state index < -0.39 is 0 Å². The Morgan fingerprint density at radius 2 is 0.714 bits per heavy atom. The zero-order valence-corrected chi connectivity index (χ0v) is 17.4. The van der Waals surface area contributed by atoms with Crippen LogP contribution in [0.5, 0.6) is 0 Å². The van der Waals surface area contributed by atoms with Crippen LogP contribution in [-0.4, -0.2) is 0 Å². The average Bonchev–Trinajstić information content (AvgIpc) is 3.07. The second kappa shape index (κ2) is 12.5. The Morgan fingerprint density at radius 1 is 0.476 bits per heavy atom. The van der Waals surface area contributed by atoms with Gasteiger partial charge in [-0.15, -0.1) is 0 Å². The Hall–Kier alpha value is 1.10. The number of rotatable bonds is 0. The Bertz CT molecular complexity index is 214. The molecule has 121 valence electrons. The summed E-state index contributed by atoms with van der Waals surface area (Å²) in [5.41, 5.74) is 0. The van der Waals surface area contributed by atoms with Crippen molar-refractivity contribution in [3.05, 3.63) is 5.92 Å². The van der Waals surface area contributed by atoms with Gasteiger partial charge in [-0.1, -0.05) is 103 Å². The fourth-order valence-corrected chi connectivity index (χ4v) is 4.25. The van der Waals surface area contributed by atoms with E-state index in [4.69, 9.17) is 0 Å². The smallest absolute Gasteiger partial charge is 0 e. The zero-order valence-electron chi connectivity index (χ0n) is 14.5. The molecule has 2 saturated carbocycles. The summed E-state index contributed by atoms with van der Waals surface area (Å²) in [7, 11) is 0. The van der Waals surface area contributed by atoms with Crippen LogP contribution in [0.2, 0.25) is 0 Å². The van der Waals surface area contributed by atoms with Gasteiger partial charge in [-0.2, -0.15) is 18.8 Å². The molecule has 2 fully saturated rings. The summed E-state index contributed by atoms with van der Waals surface area (Å²) in [6.07, 6.45) is 24.0. The molecule has 0 nitrogen and oxygen atoms in total. The van der Waals surface area contributed by atoms with Crippen molar-refractivity contribution >= 4 is 0 Å². The second-order valence-electron chi connectivity index (χ2n) is 7.48. The topological polar surface area (TPSA) is 0 Å². The van der Waals surface area contributed by atoms with Crippen LogP contribution in [0.15, 0.2) is 0 Å². The first-order valence-corrected chi connectivity index (χ1v) is 9.73. The molecule has 0 aromatic carbocycles. The van der Waals surface area contributed by atoms with Gasteiger partial charge in [-0.05, 0) is 0 Å². The van der Waals surface area contributed by atoms with E-state index in [0.717, 1.165) is 11.8 Å². The van der Waals surface area contributed by atoms with E-state index in [1.165, 1.54) is 103 Å². The molecule has 0 aliphatic heterocycles.